The highest BCUT2D eigenvalue weighted by Gasteiger charge is 2.45. The van der Waals surface area contributed by atoms with Crippen LogP contribution in [0.25, 0.3) is 0 Å². The molecule has 2 aromatic rings. The summed E-state index contributed by atoms with van der Waals surface area (Å²) in [5.74, 6) is -1.85. The van der Waals surface area contributed by atoms with Gasteiger partial charge in [-0.25, -0.2) is 9.59 Å². The van der Waals surface area contributed by atoms with Gasteiger partial charge in [0.2, 0.25) is 0 Å². The van der Waals surface area contributed by atoms with E-state index in [4.69, 9.17) is 5.26 Å². The topological polar surface area (TPSA) is 102 Å². The summed E-state index contributed by atoms with van der Waals surface area (Å²) in [6.45, 7) is 3.91. The van der Waals surface area contributed by atoms with Crippen molar-refractivity contribution in [2.24, 2.45) is 0 Å². The van der Waals surface area contributed by atoms with Gasteiger partial charge >= 0.3 is 18.2 Å². The number of ketones is 1. The summed E-state index contributed by atoms with van der Waals surface area (Å²) >= 11 is 0. The first kappa shape index (κ1) is 24.5. The molecular formula is C24H20F3N3O4. The molecule has 0 fully saturated rings. The van der Waals surface area contributed by atoms with Gasteiger partial charge in [-0.1, -0.05) is 18.2 Å². The maximum absolute atomic E-state index is 13.6. The van der Waals surface area contributed by atoms with E-state index in [1.165, 1.54) is 51.1 Å². The smallest absolute Gasteiger partial charge is 0.416 e. The monoisotopic (exact) mass is 471 g/mol. The Labute approximate surface area is 193 Å². The van der Waals surface area contributed by atoms with Gasteiger partial charge < -0.3 is 5.11 Å². The predicted molar refractivity (Wildman–Crippen MR) is 116 cm³/mol. The van der Waals surface area contributed by atoms with E-state index in [2.05, 4.69) is 0 Å². The van der Waals surface area contributed by atoms with E-state index >= 15 is 0 Å². The van der Waals surface area contributed by atoms with Crippen molar-refractivity contribution >= 4 is 23.5 Å². The molecule has 2 atom stereocenters. The number of carbonyl (C=O) groups is 3. The zero-order valence-electron chi connectivity index (χ0n) is 18.4. The number of Topliss-reactive ketones (excluding diaryl/α,β-unsaturated/α-hetero) is 1. The van der Waals surface area contributed by atoms with E-state index in [9.17, 15) is 32.7 Å². The van der Waals surface area contributed by atoms with Crippen molar-refractivity contribution in [3.8, 4) is 6.07 Å². The zero-order valence-corrected chi connectivity index (χ0v) is 18.4. The Morgan fingerprint density at radius 3 is 2.26 bits per heavy atom. The van der Waals surface area contributed by atoms with Crippen LogP contribution in [0.4, 0.5) is 23.7 Å². The van der Waals surface area contributed by atoms with Crippen molar-refractivity contribution in [3.63, 3.8) is 0 Å². The highest BCUT2D eigenvalue weighted by molar-refractivity contribution is 6.05. The zero-order chi connectivity index (χ0) is 25.4. The van der Waals surface area contributed by atoms with E-state index in [0.717, 1.165) is 28.0 Å². The second-order valence-corrected chi connectivity index (χ2v) is 7.78. The lowest BCUT2D eigenvalue weighted by Gasteiger charge is -2.44. The van der Waals surface area contributed by atoms with Crippen molar-refractivity contribution in [2.75, 3.05) is 4.90 Å². The fourth-order valence-electron chi connectivity index (χ4n) is 3.97. The average Bonchev–Trinajstić information content (AvgIpc) is 2.77. The van der Waals surface area contributed by atoms with Gasteiger partial charge in [-0.3, -0.25) is 14.6 Å². The van der Waals surface area contributed by atoms with Crippen LogP contribution in [0, 0.1) is 11.3 Å². The van der Waals surface area contributed by atoms with Crippen LogP contribution in [-0.4, -0.2) is 33.8 Å². The minimum atomic E-state index is -4.67. The number of nitrogens with zero attached hydrogens (tertiary/aromatic N) is 3. The second kappa shape index (κ2) is 9.02. The number of alkyl halides is 3. The van der Waals surface area contributed by atoms with Crippen LogP contribution in [0.2, 0.25) is 0 Å². The van der Waals surface area contributed by atoms with Crippen LogP contribution in [0.1, 0.15) is 43.5 Å². The number of carboxylic acid groups (broad SMARTS) is 1. The van der Waals surface area contributed by atoms with Gasteiger partial charge in [-0.2, -0.15) is 18.4 Å². The number of amides is 2. The lowest BCUT2D eigenvalue weighted by Crippen LogP contribution is -2.55. The molecule has 10 heteroatoms. The molecule has 0 saturated carbocycles. The normalized spacial score (nSPS) is 17.4. The summed E-state index contributed by atoms with van der Waals surface area (Å²) in [6.07, 6.45) is -4.67. The molecule has 1 aliphatic heterocycles. The number of aliphatic carboxylic acids is 1. The van der Waals surface area contributed by atoms with Crippen molar-refractivity contribution in [3.05, 3.63) is 76.5 Å². The van der Waals surface area contributed by atoms with Crippen molar-refractivity contribution in [2.45, 2.75) is 39.0 Å². The summed E-state index contributed by atoms with van der Waals surface area (Å²) in [4.78, 5) is 40.2. The molecule has 1 aliphatic rings. The maximum Gasteiger partial charge on any atom is 0.416 e. The largest absolute Gasteiger partial charge is 0.480 e. The van der Waals surface area contributed by atoms with Crippen LogP contribution in [0.15, 0.2) is 59.8 Å². The SMILES string of the molecule is CC(=O)C1=C(C)N(c2cccc(C(F)(F)F)c2)C(=O)N(C(C)C(=O)O)C1c1ccc(C#N)cc1. The van der Waals surface area contributed by atoms with Crippen molar-refractivity contribution < 1.29 is 32.7 Å². The molecule has 1 N–H and O–H groups in total. The fraction of sp³-hybridized carbons (Fsp3) is 0.250. The Bertz CT molecular complexity index is 1230. The van der Waals surface area contributed by atoms with E-state index in [-0.39, 0.29) is 17.0 Å². The standard InChI is InChI=1S/C24H20F3N3O4/c1-13-20(15(3)31)21(17-9-7-16(12-28)8-10-17)30(14(2)22(32)33)23(34)29(13)19-6-4-5-18(11-19)24(25,26)27/h4-11,14,21H,1-3H3,(H,32,33). The third-order valence-electron chi connectivity index (χ3n) is 5.63. The van der Waals surface area contributed by atoms with Crippen molar-refractivity contribution in [1.29, 1.82) is 5.26 Å². The summed E-state index contributed by atoms with van der Waals surface area (Å²) in [5.41, 5.74) is -0.318. The van der Waals surface area contributed by atoms with Crippen LogP contribution < -0.4 is 4.90 Å². The second-order valence-electron chi connectivity index (χ2n) is 7.78. The first-order valence-electron chi connectivity index (χ1n) is 10.1. The fourth-order valence-corrected chi connectivity index (χ4v) is 3.97. The lowest BCUT2D eigenvalue weighted by atomic mass is 9.89. The number of rotatable bonds is 5. The van der Waals surface area contributed by atoms with Gasteiger partial charge in [0.1, 0.15) is 6.04 Å². The molecule has 176 valence electrons. The molecule has 3 rings (SSSR count). The minimum absolute atomic E-state index is 0.0508. The highest BCUT2D eigenvalue weighted by Crippen LogP contribution is 2.42. The van der Waals surface area contributed by atoms with Gasteiger partial charge in [0.15, 0.2) is 5.78 Å². The third-order valence-corrected chi connectivity index (χ3v) is 5.63. The van der Waals surface area contributed by atoms with E-state index in [1.54, 1.807) is 0 Å². The Morgan fingerprint density at radius 1 is 1.15 bits per heavy atom. The van der Waals surface area contributed by atoms with Gasteiger partial charge in [0.05, 0.1) is 28.9 Å². The number of urea groups is 1. The maximum atomic E-state index is 13.6. The summed E-state index contributed by atoms with van der Waals surface area (Å²) in [5, 5.41) is 18.8. The molecule has 2 amide bonds. The summed E-state index contributed by atoms with van der Waals surface area (Å²) in [6, 6.07) is 8.48. The van der Waals surface area contributed by atoms with Crippen LogP contribution >= 0.6 is 0 Å². The summed E-state index contributed by atoms with van der Waals surface area (Å²) < 4.78 is 39.9. The lowest BCUT2D eigenvalue weighted by molar-refractivity contribution is -0.142. The summed E-state index contributed by atoms with van der Waals surface area (Å²) in [7, 11) is 0. The Hall–Kier alpha value is -4.13. The molecule has 0 spiro atoms. The molecule has 0 aromatic heterocycles. The molecule has 2 unspecified atom stereocenters. The Balaban J connectivity index is 2.30. The van der Waals surface area contributed by atoms with Crippen molar-refractivity contribution in [1.82, 2.24) is 4.90 Å². The molecule has 0 bridgehead atoms. The van der Waals surface area contributed by atoms with E-state index in [0.29, 0.717) is 11.1 Å². The van der Waals surface area contributed by atoms with Crippen LogP contribution in [0.3, 0.4) is 0 Å². The number of halogens is 3. The number of nitriles is 1. The molecular weight excluding hydrogens is 451 g/mol. The molecule has 7 nitrogen and oxygen atoms in total. The minimum Gasteiger partial charge on any atom is -0.480 e. The Morgan fingerprint density at radius 2 is 1.76 bits per heavy atom. The average molecular weight is 471 g/mol. The number of hydrogen-bond acceptors (Lipinski definition) is 4. The molecule has 2 aromatic carbocycles. The molecule has 0 aliphatic carbocycles. The van der Waals surface area contributed by atoms with Gasteiger partial charge in [-0.05, 0) is 56.7 Å². The number of hydrogen-bond donors (Lipinski definition) is 1. The first-order valence-corrected chi connectivity index (χ1v) is 10.1. The number of allylic oxidation sites excluding steroid dienone is 1. The Kier molecular flexibility index (Phi) is 6.50. The quantitative estimate of drug-likeness (QED) is 0.669. The number of carbonyl (C=O) groups excluding carboxylic acids is 2. The predicted octanol–water partition coefficient (Wildman–Crippen LogP) is 4.90. The number of benzene rings is 2. The van der Waals surface area contributed by atoms with Gasteiger partial charge in [-0.15, -0.1) is 0 Å². The van der Waals surface area contributed by atoms with Crippen LogP contribution in [0.5, 0.6) is 0 Å². The first-order chi connectivity index (χ1) is 15.9. The third kappa shape index (κ3) is 4.37. The highest BCUT2D eigenvalue weighted by atomic mass is 19.4. The number of carboxylic acids is 1. The number of anilines is 1. The van der Waals surface area contributed by atoms with E-state index in [1.807, 2.05) is 6.07 Å². The van der Waals surface area contributed by atoms with Gasteiger partial charge in [0, 0.05) is 11.3 Å². The van der Waals surface area contributed by atoms with E-state index < -0.39 is 41.6 Å². The van der Waals surface area contributed by atoms with Crippen LogP contribution in [-0.2, 0) is 15.8 Å². The molecule has 0 saturated heterocycles. The molecule has 1 heterocycles. The molecule has 34 heavy (non-hydrogen) atoms. The van der Waals surface area contributed by atoms with Gasteiger partial charge in [0.25, 0.3) is 0 Å². The molecule has 0 radical (unpaired) electrons.